The molecule has 12 heavy (non-hydrogen) atoms. The van der Waals surface area contributed by atoms with Crippen molar-refractivity contribution in [1.82, 2.24) is 0 Å². The lowest BCUT2D eigenvalue weighted by Gasteiger charge is -2.20. The van der Waals surface area contributed by atoms with Crippen molar-refractivity contribution in [1.29, 1.82) is 0 Å². The van der Waals surface area contributed by atoms with E-state index in [9.17, 15) is 4.39 Å². The smallest absolute Gasteiger partial charge is 0.135 e. The van der Waals surface area contributed by atoms with Crippen molar-refractivity contribution in [2.45, 2.75) is 31.9 Å². The molecule has 0 amide bonds. The zero-order valence-electron chi connectivity index (χ0n) is 7.38. The van der Waals surface area contributed by atoms with Crippen LogP contribution >= 0.6 is 24.8 Å². The molecule has 0 spiro atoms. The van der Waals surface area contributed by atoms with Crippen LogP contribution in [0.1, 0.15) is 26.2 Å². The predicted molar refractivity (Wildman–Crippen MR) is 56.0 cm³/mol. The highest BCUT2D eigenvalue weighted by Crippen LogP contribution is 2.15. The lowest BCUT2D eigenvalue weighted by Crippen LogP contribution is -2.40. The van der Waals surface area contributed by atoms with E-state index in [4.69, 9.17) is 11.5 Å². The molecule has 78 valence electrons. The van der Waals surface area contributed by atoms with Crippen LogP contribution in [-0.2, 0) is 0 Å². The average molecular weight is 221 g/mol. The van der Waals surface area contributed by atoms with E-state index in [1.165, 1.54) is 0 Å². The SMILES string of the molecule is CCCCC(F)(CN)CN.Cl.Cl. The van der Waals surface area contributed by atoms with Crippen LogP contribution in [0.15, 0.2) is 0 Å². The number of unbranched alkanes of at least 4 members (excludes halogenated alkanes) is 1. The van der Waals surface area contributed by atoms with Gasteiger partial charge in [0.15, 0.2) is 0 Å². The Hall–Kier alpha value is 0.430. The summed E-state index contributed by atoms with van der Waals surface area (Å²) in [6.07, 6.45) is 2.35. The van der Waals surface area contributed by atoms with E-state index in [-0.39, 0.29) is 37.9 Å². The second-order valence-electron chi connectivity index (χ2n) is 2.66. The fourth-order valence-corrected chi connectivity index (χ4v) is 0.781. The van der Waals surface area contributed by atoms with Gasteiger partial charge in [-0.2, -0.15) is 0 Å². The highest BCUT2D eigenvalue weighted by Gasteiger charge is 2.24. The Bertz CT molecular complexity index is 89.5. The molecule has 0 radical (unpaired) electrons. The molecule has 0 saturated heterocycles. The third-order valence-corrected chi connectivity index (χ3v) is 1.71. The zero-order chi connectivity index (χ0) is 8.04. The lowest BCUT2D eigenvalue weighted by atomic mass is 9.99. The van der Waals surface area contributed by atoms with E-state index in [2.05, 4.69) is 0 Å². The number of alkyl halides is 1. The molecular weight excluding hydrogens is 202 g/mol. The van der Waals surface area contributed by atoms with Crippen LogP contribution in [0, 0.1) is 0 Å². The molecule has 0 rings (SSSR count). The van der Waals surface area contributed by atoms with Crippen LogP contribution in [0.25, 0.3) is 0 Å². The molecule has 5 heteroatoms. The maximum atomic E-state index is 13.2. The van der Waals surface area contributed by atoms with E-state index >= 15 is 0 Å². The zero-order valence-corrected chi connectivity index (χ0v) is 9.02. The number of hydrogen-bond donors (Lipinski definition) is 2. The summed E-state index contributed by atoms with van der Waals surface area (Å²) in [6, 6.07) is 0. The van der Waals surface area contributed by atoms with Crippen molar-refractivity contribution >= 4 is 24.8 Å². The molecule has 0 fully saturated rings. The molecular formula is C7H19Cl2FN2. The van der Waals surface area contributed by atoms with Crippen molar-refractivity contribution in [2.75, 3.05) is 13.1 Å². The van der Waals surface area contributed by atoms with Crippen molar-refractivity contribution < 1.29 is 4.39 Å². The largest absolute Gasteiger partial charge is 0.327 e. The normalized spacial score (nSPS) is 10.0. The van der Waals surface area contributed by atoms with Gasteiger partial charge in [0.2, 0.25) is 0 Å². The van der Waals surface area contributed by atoms with Gasteiger partial charge in [-0.05, 0) is 6.42 Å². The Morgan fingerprint density at radius 3 is 1.83 bits per heavy atom. The van der Waals surface area contributed by atoms with E-state index in [0.29, 0.717) is 6.42 Å². The van der Waals surface area contributed by atoms with Crippen molar-refractivity contribution in [3.05, 3.63) is 0 Å². The first-order valence-corrected chi connectivity index (χ1v) is 3.77. The van der Waals surface area contributed by atoms with Crippen LogP contribution < -0.4 is 11.5 Å². The molecule has 4 N–H and O–H groups in total. The van der Waals surface area contributed by atoms with Gasteiger partial charge in [-0.25, -0.2) is 4.39 Å². The van der Waals surface area contributed by atoms with E-state index < -0.39 is 5.67 Å². The molecule has 0 aliphatic carbocycles. The molecule has 0 heterocycles. The van der Waals surface area contributed by atoms with Gasteiger partial charge in [0.05, 0.1) is 0 Å². The highest BCUT2D eigenvalue weighted by molar-refractivity contribution is 5.85. The van der Waals surface area contributed by atoms with Gasteiger partial charge >= 0.3 is 0 Å². The minimum absolute atomic E-state index is 0. The second-order valence-corrected chi connectivity index (χ2v) is 2.66. The molecule has 0 aliphatic rings. The van der Waals surface area contributed by atoms with Crippen LogP contribution in [0.4, 0.5) is 4.39 Å². The molecule has 0 saturated carbocycles. The molecule has 0 aromatic rings. The van der Waals surface area contributed by atoms with Crippen LogP contribution in [-0.4, -0.2) is 18.8 Å². The summed E-state index contributed by atoms with van der Waals surface area (Å²) < 4.78 is 13.2. The van der Waals surface area contributed by atoms with Gasteiger partial charge in [0.25, 0.3) is 0 Å². The lowest BCUT2D eigenvalue weighted by molar-refractivity contribution is 0.166. The number of hydrogen-bond acceptors (Lipinski definition) is 2. The molecule has 0 bridgehead atoms. The predicted octanol–water partition coefficient (Wildman–Crippen LogP) is 1.65. The van der Waals surface area contributed by atoms with E-state index in [1.54, 1.807) is 0 Å². The molecule has 2 nitrogen and oxygen atoms in total. The summed E-state index contributed by atoms with van der Waals surface area (Å²) >= 11 is 0. The summed E-state index contributed by atoms with van der Waals surface area (Å²) in [7, 11) is 0. The Balaban J connectivity index is -0.000000405. The molecule has 0 aliphatic heterocycles. The fraction of sp³-hybridized carbons (Fsp3) is 1.00. The number of rotatable bonds is 5. The van der Waals surface area contributed by atoms with Gasteiger partial charge in [0.1, 0.15) is 5.67 Å². The molecule has 0 atom stereocenters. The van der Waals surface area contributed by atoms with E-state index in [0.717, 1.165) is 12.8 Å². The second kappa shape index (κ2) is 9.52. The Morgan fingerprint density at radius 2 is 1.58 bits per heavy atom. The van der Waals surface area contributed by atoms with Gasteiger partial charge in [-0.15, -0.1) is 24.8 Å². The molecule has 0 aromatic heterocycles. The standard InChI is InChI=1S/C7H17FN2.2ClH/c1-2-3-4-7(8,5-9)6-10;;/h2-6,9-10H2,1H3;2*1H. The summed E-state index contributed by atoms with van der Waals surface area (Å²) in [4.78, 5) is 0. The first-order valence-electron chi connectivity index (χ1n) is 3.77. The minimum atomic E-state index is -1.31. The maximum absolute atomic E-state index is 13.2. The topological polar surface area (TPSA) is 52.0 Å². The first-order chi connectivity index (χ1) is 4.68. The summed E-state index contributed by atoms with van der Waals surface area (Å²) in [6.45, 7) is 2.11. The minimum Gasteiger partial charge on any atom is -0.327 e. The number of nitrogens with two attached hydrogens (primary N) is 2. The van der Waals surface area contributed by atoms with Gasteiger partial charge in [0, 0.05) is 13.1 Å². The van der Waals surface area contributed by atoms with Gasteiger partial charge in [-0.3, -0.25) is 0 Å². The summed E-state index contributed by atoms with van der Waals surface area (Å²) in [5, 5.41) is 0. The number of halogens is 3. The summed E-state index contributed by atoms with van der Waals surface area (Å²) in [5.74, 6) is 0. The van der Waals surface area contributed by atoms with Gasteiger partial charge < -0.3 is 11.5 Å². The van der Waals surface area contributed by atoms with Crippen LogP contribution in [0.3, 0.4) is 0 Å². The fourth-order valence-electron chi connectivity index (χ4n) is 0.781. The Kier molecular flexibility index (Phi) is 14.5. The average Bonchev–Trinajstić information content (AvgIpc) is 2.00. The van der Waals surface area contributed by atoms with Gasteiger partial charge in [-0.1, -0.05) is 19.8 Å². The first kappa shape index (κ1) is 18.3. The Morgan fingerprint density at radius 1 is 1.17 bits per heavy atom. The highest BCUT2D eigenvalue weighted by atomic mass is 35.5. The third-order valence-electron chi connectivity index (χ3n) is 1.71. The van der Waals surface area contributed by atoms with Crippen molar-refractivity contribution in [3.63, 3.8) is 0 Å². The van der Waals surface area contributed by atoms with Crippen LogP contribution in [0.2, 0.25) is 0 Å². The maximum Gasteiger partial charge on any atom is 0.135 e. The Labute approximate surface area is 86.1 Å². The third kappa shape index (κ3) is 7.10. The van der Waals surface area contributed by atoms with Crippen molar-refractivity contribution in [2.24, 2.45) is 11.5 Å². The molecule has 0 unspecified atom stereocenters. The van der Waals surface area contributed by atoms with Crippen molar-refractivity contribution in [3.8, 4) is 0 Å². The summed E-state index contributed by atoms with van der Waals surface area (Å²) in [5.41, 5.74) is 9.10. The van der Waals surface area contributed by atoms with E-state index in [1.807, 2.05) is 6.92 Å². The quantitative estimate of drug-likeness (QED) is 0.741. The molecule has 0 aromatic carbocycles. The monoisotopic (exact) mass is 220 g/mol. The van der Waals surface area contributed by atoms with Crippen LogP contribution in [0.5, 0.6) is 0 Å².